The van der Waals surface area contributed by atoms with E-state index in [1.165, 1.54) is 12.1 Å². The molecule has 0 bridgehead atoms. The highest BCUT2D eigenvalue weighted by molar-refractivity contribution is 5.98. The summed E-state index contributed by atoms with van der Waals surface area (Å²) < 4.78 is 15.3. The molecule has 0 fully saturated rings. The summed E-state index contributed by atoms with van der Waals surface area (Å²) in [6, 6.07) is 5.15. The van der Waals surface area contributed by atoms with Gasteiger partial charge in [0.1, 0.15) is 17.2 Å². The fraction of sp³-hybridized carbons (Fsp3) is 0.583. The van der Waals surface area contributed by atoms with Gasteiger partial charge in [-0.1, -0.05) is 12.1 Å². The molecule has 0 heterocycles. The van der Waals surface area contributed by atoms with Crippen molar-refractivity contribution < 1.29 is 33.4 Å². The maximum Gasteiger partial charge on any atom is 0.408 e. The Bertz CT molecular complexity index is 840. The van der Waals surface area contributed by atoms with Crippen LogP contribution in [0.4, 0.5) is 9.59 Å². The molecule has 0 radical (unpaired) electrons. The smallest absolute Gasteiger partial charge is 0.408 e. The van der Waals surface area contributed by atoms with Crippen molar-refractivity contribution in [3.8, 4) is 0 Å². The van der Waals surface area contributed by atoms with Crippen LogP contribution in [0.2, 0.25) is 0 Å². The molecule has 2 amide bonds. The Kier molecular flexibility index (Phi) is 11.0. The molecule has 10 nitrogen and oxygen atoms in total. The first-order valence-electron chi connectivity index (χ1n) is 11.2. The molecule has 0 saturated heterocycles. The van der Waals surface area contributed by atoms with Gasteiger partial charge in [0.25, 0.3) is 0 Å². The number of carbonyl (C=O) groups is 4. The third-order valence-electron chi connectivity index (χ3n) is 4.14. The molecular weight excluding hydrogens is 442 g/mol. The van der Waals surface area contributed by atoms with Crippen molar-refractivity contribution in [2.75, 3.05) is 6.54 Å². The number of esters is 2. The number of amides is 2. The Morgan fingerprint density at radius 1 is 0.882 bits per heavy atom. The lowest BCUT2D eigenvalue weighted by atomic mass is 10.1. The summed E-state index contributed by atoms with van der Waals surface area (Å²) >= 11 is 0. The van der Waals surface area contributed by atoms with E-state index in [0.717, 1.165) is 5.56 Å². The van der Waals surface area contributed by atoms with Crippen LogP contribution in [-0.2, 0) is 25.5 Å². The standard InChI is InChI=1S/C24H37N3O7/c1-23(2,3)33-21(30)26-15-16-10-12-17(13-11-16)19(28)32-20(29)18(9-7-8-14-25)27-22(31)34-24(4,5)6/h10-13,18H,7-9,14-15,25H2,1-6H3,(H,26,30)(H,27,31)/t18-/m0/s1. The summed E-state index contributed by atoms with van der Waals surface area (Å²) in [5.41, 5.74) is 5.01. The van der Waals surface area contributed by atoms with Crippen molar-refractivity contribution in [2.45, 2.75) is 84.6 Å². The second-order valence-electron chi connectivity index (χ2n) is 9.74. The number of ether oxygens (including phenoxy) is 3. The van der Waals surface area contributed by atoms with Gasteiger partial charge in [0.2, 0.25) is 0 Å². The molecule has 4 N–H and O–H groups in total. The van der Waals surface area contributed by atoms with Crippen LogP contribution in [0, 0.1) is 0 Å². The fourth-order valence-corrected chi connectivity index (χ4v) is 2.66. The fourth-order valence-electron chi connectivity index (χ4n) is 2.66. The molecule has 0 saturated carbocycles. The minimum Gasteiger partial charge on any atom is -0.444 e. The molecule has 10 heteroatoms. The SMILES string of the molecule is CC(C)(C)OC(=O)NCc1ccc(C(=O)OC(=O)[C@H](CCCCN)NC(=O)OC(C)(C)C)cc1. The lowest BCUT2D eigenvalue weighted by Gasteiger charge is -2.22. The van der Waals surface area contributed by atoms with Crippen molar-refractivity contribution in [2.24, 2.45) is 5.73 Å². The number of rotatable bonds is 9. The summed E-state index contributed by atoms with van der Waals surface area (Å²) in [6.45, 7) is 11.0. The molecule has 1 rings (SSSR count). The highest BCUT2D eigenvalue weighted by atomic mass is 16.6. The van der Waals surface area contributed by atoms with E-state index in [1.54, 1.807) is 53.7 Å². The minimum absolute atomic E-state index is 0.146. The molecule has 0 aromatic heterocycles. The van der Waals surface area contributed by atoms with Crippen molar-refractivity contribution in [3.05, 3.63) is 35.4 Å². The van der Waals surface area contributed by atoms with Gasteiger partial charge >= 0.3 is 24.1 Å². The van der Waals surface area contributed by atoms with Crippen LogP contribution in [0.5, 0.6) is 0 Å². The molecule has 1 aromatic rings. The predicted molar refractivity (Wildman–Crippen MR) is 126 cm³/mol. The monoisotopic (exact) mass is 479 g/mol. The van der Waals surface area contributed by atoms with Crippen molar-refractivity contribution in [1.82, 2.24) is 10.6 Å². The maximum absolute atomic E-state index is 12.6. The lowest BCUT2D eigenvalue weighted by Crippen LogP contribution is -2.44. The zero-order valence-electron chi connectivity index (χ0n) is 20.9. The second kappa shape index (κ2) is 12.9. The number of hydrogen-bond donors (Lipinski definition) is 3. The van der Waals surface area contributed by atoms with E-state index >= 15 is 0 Å². The topological polar surface area (TPSA) is 146 Å². The molecule has 0 aliphatic carbocycles. The van der Waals surface area contributed by atoms with E-state index in [4.69, 9.17) is 19.9 Å². The molecule has 34 heavy (non-hydrogen) atoms. The molecule has 0 aliphatic heterocycles. The summed E-state index contributed by atoms with van der Waals surface area (Å²) in [7, 11) is 0. The number of nitrogens with two attached hydrogens (primary N) is 1. The van der Waals surface area contributed by atoms with E-state index < -0.39 is 41.4 Å². The van der Waals surface area contributed by atoms with Crippen LogP contribution in [0.25, 0.3) is 0 Å². The van der Waals surface area contributed by atoms with Gasteiger partial charge in [-0.25, -0.2) is 19.2 Å². The number of alkyl carbamates (subject to hydrolysis) is 2. The summed E-state index contributed by atoms with van der Waals surface area (Å²) in [5, 5.41) is 5.08. The Morgan fingerprint density at radius 2 is 1.44 bits per heavy atom. The second-order valence-corrected chi connectivity index (χ2v) is 9.74. The van der Waals surface area contributed by atoms with Gasteiger partial charge in [-0.15, -0.1) is 0 Å². The third kappa shape index (κ3) is 12.2. The van der Waals surface area contributed by atoms with Gasteiger partial charge in [0, 0.05) is 6.54 Å². The minimum atomic E-state index is -1.05. The number of hydrogen-bond acceptors (Lipinski definition) is 8. The molecular formula is C24H37N3O7. The van der Waals surface area contributed by atoms with E-state index in [-0.39, 0.29) is 18.5 Å². The molecule has 0 aliphatic rings. The number of nitrogens with one attached hydrogen (secondary N) is 2. The molecule has 0 spiro atoms. The number of benzene rings is 1. The van der Waals surface area contributed by atoms with Crippen LogP contribution < -0.4 is 16.4 Å². The predicted octanol–water partition coefficient (Wildman–Crippen LogP) is 3.42. The van der Waals surface area contributed by atoms with Crippen LogP contribution >= 0.6 is 0 Å². The summed E-state index contributed by atoms with van der Waals surface area (Å²) in [5.74, 6) is -1.74. The zero-order chi connectivity index (χ0) is 25.9. The highest BCUT2D eigenvalue weighted by Gasteiger charge is 2.27. The van der Waals surface area contributed by atoms with E-state index in [1.807, 2.05) is 0 Å². The van der Waals surface area contributed by atoms with Gasteiger partial charge in [0.05, 0.1) is 5.56 Å². The van der Waals surface area contributed by atoms with E-state index in [9.17, 15) is 19.2 Å². The average Bonchev–Trinajstić information content (AvgIpc) is 2.69. The Morgan fingerprint density at radius 3 is 1.97 bits per heavy atom. The van der Waals surface area contributed by atoms with Gasteiger partial charge in [-0.3, -0.25) is 0 Å². The molecule has 0 unspecified atom stereocenters. The average molecular weight is 480 g/mol. The first-order chi connectivity index (χ1) is 15.7. The lowest BCUT2D eigenvalue weighted by molar-refractivity contribution is -0.140. The first-order valence-corrected chi connectivity index (χ1v) is 11.2. The van der Waals surface area contributed by atoms with Crippen LogP contribution in [0.1, 0.15) is 76.7 Å². The van der Waals surface area contributed by atoms with Gasteiger partial charge in [-0.2, -0.15) is 0 Å². The largest absolute Gasteiger partial charge is 0.444 e. The summed E-state index contributed by atoms with van der Waals surface area (Å²) in [6.07, 6.45) is 0.112. The van der Waals surface area contributed by atoms with E-state index in [0.29, 0.717) is 19.4 Å². The maximum atomic E-state index is 12.6. The van der Waals surface area contributed by atoms with Crippen molar-refractivity contribution >= 4 is 24.1 Å². The molecule has 190 valence electrons. The van der Waals surface area contributed by atoms with Gasteiger partial charge < -0.3 is 30.6 Å². The zero-order valence-corrected chi connectivity index (χ0v) is 20.9. The van der Waals surface area contributed by atoms with Crippen molar-refractivity contribution in [1.29, 1.82) is 0 Å². The van der Waals surface area contributed by atoms with Crippen LogP contribution in [0.3, 0.4) is 0 Å². The van der Waals surface area contributed by atoms with Crippen LogP contribution in [-0.4, -0.2) is 47.9 Å². The number of unbranched alkanes of at least 4 members (excludes halogenated alkanes) is 1. The van der Waals surface area contributed by atoms with E-state index in [2.05, 4.69) is 10.6 Å². The first kappa shape index (κ1) is 28.9. The molecule has 1 aromatic carbocycles. The Hall–Kier alpha value is -3.14. The third-order valence-corrected chi connectivity index (χ3v) is 4.14. The van der Waals surface area contributed by atoms with Crippen molar-refractivity contribution in [3.63, 3.8) is 0 Å². The van der Waals surface area contributed by atoms with Crippen LogP contribution in [0.15, 0.2) is 24.3 Å². The van der Waals surface area contributed by atoms with Gasteiger partial charge in [0.15, 0.2) is 0 Å². The number of carbonyl (C=O) groups excluding carboxylic acids is 4. The quantitative estimate of drug-likeness (QED) is 0.211. The van der Waals surface area contributed by atoms with Gasteiger partial charge in [-0.05, 0) is 85.0 Å². The molecule has 1 atom stereocenters. The normalized spacial score (nSPS) is 12.3. The Balaban J connectivity index is 2.71. The summed E-state index contributed by atoms with van der Waals surface area (Å²) in [4.78, 5) is 48.9. The Labute approximate surface area is 200 Å². The highest BCUT2D eigenvalue weighted by Crippen LogP contribution is 2.12.